The minimum atomic E-state index is -0.333. The highest BCUT2D eigenvalue weighted by Crippen LogP contribution is 2.22. The van der Waals surface area contributed by atoms with Gasteiger partial charge in [-0.2, -0.15) is 5.10 Å². The maximum Gasteiger partial charge on any atom is 0.285 e. The fourth-order valence-corrected chi connectivity index (χ4v) is 3.30. The molecule has 0 radical (unpaired) electrons. The van der Waals surface area contributed by atoms with E-state index in [-0.39, 0.29) is 23.5 Å². The zero-order valence-electron chi connectivity index (χ0n) is 16.3. The minimum absolute atomic E-state index is 0.0680. The first-order valence-electron chi connectivity index (χ1n) is 9.14. The van der Waals surface area contributed by atoms with Crippen LogP contribution in [0.2, 0.25) is 0 Å². The van der Waals surface area contributed by atoms with Gasteiger partial charge < -0.3 is 10.2 Å². The number of amides is 3. The molecule has 150 valence electrons. The lowest BCUT2D eigenvalue weighted by Gasteiger charge is -2.23. The molecule has 0 atom stereocenters. The van der Waals surface area contributed by atoms with Gasteiger partial charge >= 0.3 is 0 Å². The molecule has 0 unspecified atom stereocenters. The Bertz CT molecular complexity index is 927. The molecule has 2 aromatic rings. The molecule has 0 saturated heterocycles. The summed E-state index contributed by atoms with van der Waals surface area (Å²) in [6, 6.07) is 16.5. The first-order valence-corrected chi connectivity index (χ1v) is 9.96. The Kier molecular flexibility index (Phi) is 6.66. The number of hydrogen-bond donors (Lipinski definition) is 1. The Hall–Kier alpha value is -3.13. The molecule has 1 aliphatic heterocycles. The van der Waals surface area contributed by atoms with Gasteiger partial charge in [-0.15, -0.1) is 0 Å². The molecule has 2 aromatic carbocycles. The van der Waals surface area contributed by atoms with Crippen LogP contribution in [0.5, 0.6) is 0 Å². The van der Waals surface area contributed by atoms with Gasteiger partial charge in [0.25, 0.3) is 11.1 Å². The van der Waals surface area contributed by atoms with Crippen molar-refractivity contribution < 1.29 is 14.4 Å². The van der Waals surface area contributed by atoms with Crippen LogP contribution in [-0.2, 0) is 16.1 Å². The van der Waals surface area contributed by atoms with Gasteiger partial charge in [0, 0.05) is 37.5 Å². The van der Waals surface area contributed by atoms with Crippen molar-refractivity contribution in [2.45, 2.75) is 24.3 Å². The van der Waals surface area contributed by atoms with E-state index in [1.807, 2.05) is 30.3 Å². The third-order valence-electron chi connectivity index (χ3n) is 4.22. The van der Waals surface area contributed by atoms with Gasteiger partial charge in [-0.3, -0.25) is 14.4 Å². The summed E-state index contributed by atoms with van der Waals surface area (Å²) in [5.41, 5.74) is 1.87. The molecule has 1 heterocycles. The number of rotatable bonds is 5. The molecule has 0 bridgehead atoms. The summed E-state index contributed by atoms with van der Waals surface area (Å²) in [4.78, 5) is 38.8. The van der Waals surface area contributed by atoms with Crippen molar-refractivity contribution in [3.63, 3.8) is 0 Å². The summed E-state index contributed by atoms with van der Waals surface area (Å²) in [6.45, 7) is 0.336. The van der Waals surface area contributed by atoms with Crippen LogP contribution >= 0.6 is 11.8 Å². The number of nitrogens with zero attached hydrogens (tertiary/aromatic N) is 3. The SMILES string of the molecule is CN(C)C(=O)Sc1ccc(NC(=O)C2=NN(Cc3ccccc3)C(=O)CC2)cc1. The second-order valence-corrected chi connectivity index (χ2v) is 7.75. The van der Waals surface area contributed by atoms with Crippen LogP contribution in [0.3, 0.4) is 0 Å². The molecule has 3 amide bonds. The fourth-order valence-electron chi connectivity index (χ4n) is 2.65. The highest BCUT2D eigenvalue weighted by molar-refractivity contribution is 8.13. The van der Waals surface area contributed by atoms with Crippen LogP contribution < -0.4 is 5.32 Å². The molecule has 1 aliphatic rings. The molecular weight excluding hydrogens is 388 g/mol. The highest BCUT2D eigenvalue weighted by atomic mass is 32.2. The number of hydrazone groups is 1. The minimum Gasteiger partial charge on any atom is -0.339 e. The highest BCUT2D eigenvalue weighted by Gasteiger charge is 2.24. The molecule has 0 aromatic heterocycles. The monoisotopic (exact) mass is 410 g/mol. The first-order chi connectivity index (χ1) is 13.9. The van der Waals surface area contributed by atoms with E-state index in [0.29, 0.717) is 24.4 Å². The maximum atomic E-state index is 12.6. The first kappa shape index (κ1) is 20.6. The molecule has 0 saturated carbocycles. The van der Waals surface area contributed by atoms with Crippen molar-refractivity contribution in [3.8, 4) is 0 Å². The standard InChI is InChI=1S/C21H22N4O3S/c1-24(2)21(28)29-17-10-8-16(9-11-17)22-20(27)18-12-13-19(26)25(23-18)14-15-6-4-3-5-7-15/h3-11H,12-14H2,1-2H3,(H,22,27). The Balaban J connectivity index is 1.64. The predicted octanol–water partition coefficient (Wildman–Crippen LogP) is 3.58. The Labute approximate surface area is 173 Å². The number of carbonyl (C=O) groups excluding carboxylic acids is 3. The van der Waals surface area contributed by atoms with Gasteiger partial charge in [0.2, 0.25) is 5.91 Å². The van der Waals surface area contributed by atoms with Gasteiger partial charge in [-0.25, -0.2) is 5.01 Å². The van der Waals surface area contributed by atoms with Crippen molar-refractivity contribution in [1.82, 2.24) is 9.91 Å². The zero-order chi connectivity index (χ0) is 20.8. The molecule has 0 fully saturated rings. The van der Waals surface area contributed by atoms with Crippen LogP contribution in [0.1, 0.15) is 18.4 Å². The van der Waals surface area contributed by atoms with Crippen molar-refractivity contribution in [2.75, 3.05) is 19.4 Å². The summed E-state index contributed by atoms with van der Waals surface area (Å²) in [5.74, 6) is -0.433. The molecular formula is C21H22N4O3S. The summed E-state index contributed by atoms with van der Waals surface area (Å²) >= 11 is 1.12. The predicted molar refractivity (Wildman–Crippen MR) is 114 cm³/mol. The van der Waals surface area contributed by atoms with Crippen LogP contribution in [0.25, 0.3) is 0 Å². The summed E-state index contributed by atoms with van der Waals surface area (Å²) in [5, 5.41) is 8.35. The average Bonchev–Trinajstić information content (AvgIpc) is 2.71. The smallest absolute Gasteiger partial charge is 0.285 e. The van der Waals surface area contributed by atoms with E-state index < -0.39 is 0 Å². The average molecular weight is 410 g/mol. The van der Waals surface area contributed by atoms with E-state index in [4.69, 9.17) is 0 Å². The van der Waals surface area contributed by atoms with Crippen LogP contribution in [-0.4, -0.2) is 46.8 Å². The van der Waals surface area contributed by atoms with E-state index in [1.165, 1.54) is 9.91 Å². The second kappa shape index (κ2) is 9.38. The lowest BCUT2D eigenvalue weighted by molar-refractivity contribution is -0.132. The zero-order valence-corrected chi connectivity index (χ0v) is 17.1. The van der Waals surface area contributed by atoms with E-state index in [2.05, 4.69) is 10.4 Å². The van der Waals surface area contributed by atoms with Crippen molar-refractivity contribution in [2.24, 2.45) is 5.10 Å². The van der Waals surface area contributed by atoms with E-state index >= 15 is 0 Å². The molecule has 7 nitrogen and oxygen atoms in total. The second-order valence-electron chi connectivity index (χ2n) is 6.72. The van der Waals surface area contributed by atoms with Gasteiger partial charge in [-0.05, 0) is 41.6 Å². The fraction of sp³-hybridized carbons (Fsp3) is 0.238. The third kappa shape index (κ3) is 5.68. The number of anilines is 1. The largest absolute Gasteiger partial charge is 0.339 e. The normalized spacial score (nSPS) is 13.7. The van der Waals surface area contributed by atoms with Crippen molar-refractivity contribution in [1.29, 1.82) is 0 Å². The number of carbonyl (C=O) groups is 3. The number of hydrogen-bond acceptors (Lipinski definition) is 5. The Morgan fingerprint density at radius 1 is 1.07 bits per heavy atom. The van der Waals surface area contributed by atoms with Crippen molar-refractivity contribution >= 4 is 40.2 Å². The number of benzene rings is 2. The maximum absolute atomic E-state index is 12.6. The Morgan fingerprint density at radius 2 is 1.76 bits per heavy atom. The van der Waals surface area contributed by atoms with E-state index in [9.17, 15) is 14.4 Å². The number of thioether (sulfide) groups is 1. The molecule has 8 heteroatoms. The molecule has 0 spiro atoms. The third-order valence-corrected chi connectivity index (χ3v) is 5.27. The van der Waals surface area contributed by atoms with Gasteiger partial charge in [0.05, 0.1) is 6.54 Å². The van der Waals surface area contributed by atoms with Crippen molar-refractivity contribution in [3.05, 3.63) is 60.2 Å². The number of nitrogens with one attached hydrogen (secondary N) is 1. The topological polar surface area (TPSA) is 82.1 Å². The van der Waals surface area contributed by atoms with Crippen LogP contribution in [0, 0.1) is 0 Å². The molecule has 3 rings (SSSR count). The van der Waals surface area contributed by atoms with Crippen LogP contribution in [0.4, 0.5) is 10.5 Å². The van der Waals surface area contributed by atoms with E-state index in [1.54, 1.807) is 38.4 Å². The lowest BCUT2D eigenvalue weighted by atomic mass is 10.1. The van der Waals surface area contributed by atoms with E-state index in [0.717, 1.165) is 22.2 Å². The van der Waals surface area contributed by atoms with Gasteiger partial charge in [0.1, 0.15) is 5.71 Å². The molecule has 0 aliphatic carbocycles. The summed E-state index contributed by atoms with van der Waals surface area (Å²) in [6.07, 6.45) is 0.558. The molecule has 29 heavy (non-hydrogen) atoms. The Morgan fingerprint density at radius 3 is 2.41 bits per heavy atom. The van der Waals surface area contributed by atoms with Gasteiger partial charge in [0.15, 0.2) is 0 Å². The molecule has 1 N–H and O–H groups in total. The summed E-state index contributed by atoms with van der Waals surface area (Å²) < 4.78 is 0. The quantitative estimate of drug-likeness (QED) is 0.764. The van der Waals surface area contributed by atoms with Crippen LogP contribution in [0.15, 0.2) is 64.6 Å². The summed E-state index contributed by atoms with van der Waals surface area (Å²) in [7, 11) is 3.39. The lowest BCUT2D eigenvalue weighted by Crippen LogP contribution is -2.36. The van der Waals surface area contributed by atoms with Gasteiger partial charge in [-0.1, -0.05) is 30.3 Å².